The molecule has 1 aliphatic heterocycles. The predicted octanol–water partition coefficient (Wildman–Crippen LogP) is 2.69. The molecule has 0 saturated carbocycles. The number of carbonyl (C=O) groups excluding carboxylic acids is 2. The van der Waals surface area contributed by atoms with Crippen LogP contribution < -0.4 is 5.32 Å². The number of hydrogen-bond donors (Lipinski definition) is 2. The number of carbonyl (C=O) groups is 2. The molecule has 1 heterocycles. The van der Waals surface area contributed by atoms with Crippen molar-refractivity contribution in [3.05, 3.63) is 29.3 Å². The monoisotopic (exact) mass is 463 g/mol. The molecule has 2 amide bonds. The van der Waals surface area contributed by atoms with Crippen molar-refractivity contribution in [2.24, 2.45) is 4.99 Å². The van der Waals surface area contributed by atoms with Gasteiger partial charge in [-0.2, -0.15) is 0 Å². The average Bonchev–Trinajstić information content (AvgIpc) is 3.20. The highest BCUT2D eigenvalue weighted by atomic mass is 32.2. The molecule has 31 heavy (non-hydrogen) atoms. The SMILES string of the molecule is CON(C)C(=O)C1CSC(c2cc(C#CCNC(=O)OCC[Si](C)(C)C)ccc2O)=N1. The number of phenolic OH excluding ortho intramolecular Hbond substituents is 1. The van der Waals surface area contributed by atoms with Crippen LogP contribution >= 0.6 is 11.8 Å². The number of hydroxylamine groups is 2. The standard InChI is InChI=1S/C21H29N3O5SSi/c1-24(28-2)20(26)17-14-30-19(23-17)16-13-15(8-9-18(16)25)7-6-10-22-21(27)29-11-12-31(3,4)5/h8-9,13,17,25H,10-12,14H2,1-5H3,(H,22,27). The summed E-state index contributed by atoms with van der Waals surface area (Å²) >= 11 is 1.39. The zero-order valence-corrected chi connectivity index (χ0v) is 20.3. The van der Waals surface area contributed by atoms with Crippen LogP contribution in [0.5, 0.6) is 5.75 Å². The number of aliphatic imine (C=N–C) groups is 1. The van der Waals surface area contributed by atoms with Crippen molar-refractivity contribution in [2.45, 2.75) is 31.7 Å². The first kappa shape index (κ1) is 24.8. The average molecular weight is 464 g/mol. The fraction of sp³-hybridized carbons (Fsp3) is 0.476. The number of nitrogens with one attached hydrogen (secondary N) is 1. The van der Waals surface area contributed by atoms with Crippen LogP contribution in [0.4, 0.5) is 4.79 Å². The van der Waals surface area contributed by atoms with Crippen molar-refractivity contribution in [3.63, 3.8) is 0 Å². The predicted molar refractivity (Wildman–Crippen MR) is 125 cm³/mol. The van der Waals surface area contributed by atoms with E-state index in [0.29, 0.717) is 28.5 Å². The first-order chi connectivity index (χ1) is 14.6. The number of rotatable bonds is 7. The van der Waals surface area contributed by atoms with Crippen molar-refractivity contribution in [1.82, 2.24) is 10.4 Å². The summed E-state index contributed by atoms with van der Waals surface area (Å²) < 4.78 is 5.15. The summed E-state index contributed by atoms with van der Waals surface area (Å²) in [5.74, 6) is 6.11. The third-order valence-electron chi connectivity index (χ3n) is 4.39. The van der Waals surface area contributed by atoms with E-state index in [2.05, 4.69) is 41.8 Å². The minimum absolute atomic E-state index is 0.0640. The van der Waals surface area contributed by atoms with Crippen molar-refractivity contribution in [2.75, 3.05) is 33.1 Å². The molecule has 0 aromatic heterocycles. The molecule has 1 aromatic rings. The number of phenols is 1. The fourth-order valence-electron chi connectivity index (χ4n) is 2.50. The van der Waals surface area contributed by atoms with Crippen molar-refractivity contribution in [3.8, 4) is 17.6 Å². The van der Waals surface area contributed by atoms with Crippen LogP contribution in [0.1, 0.15) is 11.1 Å². The Morgan fingerprint density at radius 3 is 2.81 bits per heavy atom. The number of hydrogen-bond acceptors (Lipinski definition) is 7. The van der Waals surface area contributed by atoms with Crippen LogP contribution in [0.3, 0.4) is 0 Å². The fourth-order valence-corrected chi connectivity index (χ4v) is 4.26. The number of amides is 2. The van der Waals surface area contributed by atoms with E-state index < -0.39 is 20.2 Å². The first-order valence-electron chi connectivity index (χ1n) is 9.86. The number of nitrogens with zero attached hydrogens (tertiary/aromatic N) is 2. The van der Waals surface area contributed by atoms with Crippen molar-refractivity contribution >= 4 is 36.9 Å². The lowest BCUT2D eigenvalue weighted by Crippen LogP contribution is -2.34. The molecular weight excluding hydrogens is 434 g/mol. The van der Waals surface area contributed by atoms with Gasteiger partial charge in [0.05, 0.1) is 20.3 Å². The Bertz CT molecular complexity index is 905. The lowest BCUT2D eigenvalue weighted by molar-refractivity contribution is -0.169. The zero-order chi connectivity index (χ0) is 23.0. The summed E-state index contributed by atoms with van der Waals surface area (Å²) in [7, 11) is 1.71. The Labute approximate surface area is 188 Å². The molecule has 0 fully saturated rings. The molecule has 1 aliphatic rings. The topological polar surface area (TPSA) is 100 Å². The lowest BCUT2D eigenvalue weighted by Gasteiger charge is -2.15. The Morgan fingerprint density at radius 2 is 2.13 bits per heavy atom. The van der Waals surface area contributed by atoms with Gasteiger partial charge in [-0.3, -0.25) is 14.6 Å². The highest BCUT2D eigenvalue weighted by molar-refractivity contribution is 8.14. The third-order valence-corrected chi connectivity index (χ3v) is 7.17. The van der Waals surface area contributed by atoms with Crippen LogP contribution in [-0.4, -0.2) is 74.4 Å². The van der Waals surface area contributed by atoms with Gasteiger partial charge >= 0.3 is 6.09 Å². The maximum absolute atomic E-state index is 12.2. The summed E-state index contributed by atoms with van der Waals surface area (Å²) in [6, 6.07) is 5.29. The van der Waals surface area contributed by atoms with Crippen molar-refractivity contribution in [1.29, 1.82) is 0 Å². The first-order valence-corrected chi connectivity index (χ1v) is 14.5. The molecule has 0 spiro atoms. The number of likely N-dealkylation sites (N-methyl/N-ethyl adjacent to an activating group) is 1. The molecule has 0 bridgehead atoms. The molecule has 10 heteroatoms. The molecular formula is C21H29N3O5SSi. The highest BCUT2D eigenvalue weighted by Gasteiger charge is 2.29. The molecule has 1 atom stereocenters. The van der Waals surface area contributed by atoms with Gasteiger partial charge in [0, 0.05) is 32.0 Å². The van der Waals surface area contributed by atoms with Gasteiger partial charge in [0.15, 0.2) is 0 Å². The summed E-state index contributed by atoms with van der Waals surface area (Å²) in [5, 5.41) is 14.5. The van der Waals surface area contributed by atoms with E-state index in [0.717, 1.165) is 11.1 Å². The molecule has 1 unspecified atom stereocenters. The maximum atomic E-state index is 12.2. The van der Waals surface area contributed by atoms with Crippen LogP contribution in [0.25, 0.3) is 0 Å². The second kappa shape index (κ2) is 11.2. The molecule has 8 nitrogen and oxygen atoms in total. The van der Waals surface area contributed by atoms with Crippen LogP contribution in [0.2, 0.25) is 25.7 Å². The van der Waals surface area contributed by atoms with Gasteiger partial charge in [-0.1, -0.05) is 31.5 Å². The Morgan fingerprint density at radius 1 is 1.39 bits per heavy atom. The van der Waals surface area contributed by atoms with Gasteiger partial charge in [-0.25, -0.2) is 9.86 Å². The van der Waals surface area contributed by atoms with Crippen molar-refractivity contribution < 1.29 is 24.3 Å². The maximum Gasteiger partial charge on any atom is 0.407 e. The summed E-state index contributed by atoms with van der Waals surface area (Å²) in [4.78, 5) is 33.2. The van der Waals surface area contributed by atoms with E-state index in [1.807, 2.05) is 0 Å². The molecule has 2 N–H and O–H groups in total. The Kier molecular flexibility index (Phi) is 8.97. The van der Waals surface area contributed by atoms with Gasteiger partial charge in [0.1, 0.15) is 16.8 Å². The molecule has 0 saturated heterocycles. The zero-order valence-electron chi connectivity index (χ0n) is 18.5. The van der Waals surface area contributed by atoms with E-state index in [1.165, 1.54) is 32.0 Å². The van der Waals surface area contributed by atoms with Gasteiger partial charge in [-0.05, 0) is 24.2 Å². The van der Waals surface area contributed by atoms with Gasteiger partial charge in [0.2, 0.25) is 0 Å². The molecule has 0 aliphatic carbocycles. The molecule has 2 rings (SSSR count). The van der Waals surface area contributed by atoms with Crippen LogP contribution in [0, 0.1) is 11.8 Å². The third kappa shape index (κ3) is 7.94. The van der Waals surface area contributed by atoms with E-state index >= 15 is 0 Å². The van der Waals surface area contributed by atoms with Crippen LogP contribution in [0.15, 0.2) is 23.2 Å². The van der Waals surface area contributed by atoms with E-state index in [9.17, 15) is 14.7 Å². The molecule has 168 valence electrons. The second-order valence-corrected chi connectivity index (χ2v) is 14.7. The van der Waals surface area contributed by atoms with Crippen LogP contribution in [-0.2, 0) is 14.4 Å². The second-order valence-electron chi connectivity index (χ2n) is 8.11. The van der Waals surface area contributed by atoms with Gasteiger partial charge in [-0.15, -0.1) is 11.8 Å². The van der Waals surface area contributed by atoms with E-state index in [4.69, 9.17) is 9.57 Å². The van der Waals surface area contributed by atoms with E-state index in [1.54, 1.807) is 12.1 Å². The van der Waals surface area contributed by atoms with Gasteiger partial charge in [0.25, 0.3) is 5.91 Å². The number of alkyl carbamates (subject to hydrolysis) is 1. The lowest BCUT2D eigenvalue weighted by atomic mass is 10.1. The largest absolute Gasteiger partial charge is 0.507 e. The van der Waals surface area contributed by atoms with E-state index in [-0.39, 0.29) is 18.2 Å². The highest BCUT2D eigenvalue weighted by Crippen LogP contribution is 2.30. The number of thioether (sulfide) groups is 1. The Balaban J connectivity index is 1.95. The number of aromatic hydroxyl groups is 1. The Hall–Kier alpha value is -2.48. The minimum atomic E-state index is -1.24. The molecule has 1 aromatic carbocycles. The van der Waals surface area contributed by atoms with Gasteiger partial charge < -0.3 is 15.2 Å². The smallest absolute Gasteiger partial charge is 0.407 e. The summed E-state index contributed by atoms with van der Waals surface area (Å²) in [6.45, 7) is 7.23. The minimum Gasteiger partial charge on any atom is -0.507 e. The number of benzene rings is 1. The quantitative estimate of drug-likeness (QED) is 0.366. The summed E-state index contributed by atoms with van der Waals surface area (Å²) in [6.07, 6.45) is -0.479. The molecule has 0 radical (unpaired) electrons. The number of ether oxygens (including phenoxy) is 1. The summed E-state index contributed by atoms with van der Waals surface area (Å²) in [5.41, 5.74) is 1.18. The normalized spacial score (nSPS) is 15.5.